The van der Waals surface area contributed by atoms with E-state index in [-0.39, 0.29) is 25.8 Å². The standard InChI is InChI=1S/CO.O.Pb.H/c1-2;;;. The van der Waals surface area contributed by atoms with Gasteiger partial charge >= 0.3 is 28.5 Å². The molecule has 0 amide bonds. The number of carbonyl (C=O) groups excluding carboxylic acids is 1. The van der Waals surface area contributed by atoms with Crippen LogP contribution in [0.25, 0.3) is 0 Å². The van der Waals surface area contributed by atoms with E-state index in [0.717, 1.165) is 0 Å². The van der Waals surface area contributed by atoms with Crippen LogP contribution in [0.5, 0.6) is 0 Å². The van der Waals surface area contributed by atoms with Gasteiger partial charge in [0.25, 0.3) is 6.79 Å². The summed E-state index contributed by atoms with van der Waals surface area (Å²) in [4.78, 5) is 7.50. The molecule has 21 valence electrons. The predicted molar refractivity (Wildman–Crippen MR) is 13.5 cm³/mol. The molecular weight excluding hydrogens is 251 g/mol. The fourth-order valence-corrected chi connectivity index (χ4v) is 0. The van der Waals surface area contributed by atoms with Crippen molar-refractivity contribution in [1.82, 2.24) is 0 Å². The number of hydrogen-bond acceptors (Lipinski definition) is 2. The van der Waals surface area contributed by atoms with Gasteiger partial charge in [-0.3, -0.25) is 4.79 Å². The molecule has 0 rings (SSSR count). The SMILES string of the molecule is [C]=O.[O]=[PbH]. The predicted octanol–water partition coefficient (Wildman–Crippen LogP) is -1.16. The van der Waals surface area contributed by atoms with E-state index in [1.54, 1.807) is 0 Å². The van der Waals surface area contributed by atoms with E-state index in [9.17, 15) is 0 Å². The summed E-state index contributed by atoms with van der Waals surface area (Å²) in [6, 6.07) is 0. The van der Waals surface area contributed by atoms with E-state index < -0.39 is 0 Å². The van der Waals surface area contributed by atoms with E-state index in [2.05, 4.69) is 6.79 Å². The molecule has 0 fully saturated rings. The van der Waals surface area contributed by atoms with E-state index in [1.165, 1.54) is 0 Å². The Bertz CT molecular complexity index is 8.00. The summed E-state index contributed by atoms with van der Waals surface area (Å²) in [5.41, 5.74) is 0. The molecule has 0 N–H and O–H groups in total. The topological polar surface area (TPSA) is 34.1 Å². The minimum absolute atomic E-state index is 0.0833. The van der Waals surface area contributed by atoms with Crippen LogP contribution in [0.2, 0.25) is 0 Å². The van der Waals surface area contributed by atoms with Gasteiger partial charge in [-0.05, 0) is 0 Å². The average molecular weight is 252 g/mol. The van der Waals surface area contributed by atoms with E-state index in [4.69, 9.17) is 7.48 Å². The van der Waals surface area contributed by atoms with E-state index in [1.807, 2.05) is 0 Å². The monoisotopic (exact) mass is 253 g/mol. The maximum atomic E-state index is 8.42. The molecule has 0 saturated heterocycles. The van der Waals surface area contributed by atoms with E-state index >= 15 is 0 Å². The van der Waals surface area contributed by atoms with Crippen molar-refractivity contribution in [1.29, 1.82) is 0 Å². The molecule has 3 radical (unpaired) electrons. The first-order valence-electron chi connectivity index (χ1n) is 0.440. The Morgan fingerprint density at radius 1 is 1.25 bits per heavy atom. The molecule has 0 aromatic heterocycles. The van der Waals surface area contributed by atoms with Crippen LogP contribution in [0.15, 0.2) is 0 Å². The molecule has 0 spiro atoms. The van der Waals surface area contributed by atoms with E-state index in [0.29, 0.717) is 0 Å². The van der Waals surface area contributed by atoms with Gasteiger partial charge in [0.1, 0.15) is 0 Å². The summed E-state index contributed by atoms with van der Waals surface area (Å²) in [6.07, 6.45) is 0. The van der Waals surface area contributed by atoms with Crippen molar-refractivity contribution in [2.45, 2.75) is 0 Å². The molecule has 0 aromatic rings. The number of rotatable bonds is 0. The van der Waals surface area contributed by atoms with Crippen LogP contribution < -0.4 is 0 Å². The number of hydrogen-bond donors (Lipinski definition) is 0. The fourth-order valence-electron chi connectivity index (χ4n) is 0. The van der Waals surface area contributed by atoms with Crippen LogP contribution in [0.4, 0.5) is 0 Å². The molecule has 0 aliphatic heterocycles. The molecule has 0 unspecified atom stereocenters. The Hall–Kier alpha value is 0.392. The summed E-state index contributed by atoms with van der Waals surface area (Å²) in [7, 11) is 0. The zero-order chi connectivity index (χ0) is 4.00. The van der Waals surface area contributed by atoms with Crippen molar-refractivity contribution in [2.24, 2.45) is 0 Å². The molecule has 0 saturated carbocycles. The van der Waals surface area contributed by atoms with Crippen LogP contribution in [-0.4, -0.2) is 32.6 Å². The first-order valence-corrected chi connectivity index (χ1v) is 2.27. The molecule has 0 bridgehead atoms. The average Bonchev–Trinajstić information content (AvgIpc) is 1.50. The van der Waals surface area contributed by atoms with Crippen molar-refractivity contribution in [2.75, 3.05) is 0 Å². The normalized spacial score (nSPS) is 2.00. The molecule has 0 aliphatic rings. The zero-order valence-electron chi connectivity index (χ0n) is 1.89. The molecule has 0 aliphatic carbocycles. The molecule has 0 atom stereocenters. The second kappa shape index (κ2) is 126. The third kappa shape index (κ3) is 30.2. The van der Waals surface area contributed by atoms with Gasteiger partial charge in [0.15, 0.2) is 0 Å². The molecular formula is CHO2Pb. The van der Waals surface area contributed by atoms with Crippen molar-refractivity contribution < 1.29 is 7.48 Å². The summed E-state index contributed by atoms with van der Waals surface area (Å²) in [5.74, 6) is 0. The summed E-state index contributed by atoms with van der Waals surface area (Å²) < 4.78 is 8.42. The Kier molecular flexibility index (Phi) is 279. The summed E-state index contributed by atoms with van der Waals surface area (Å²) in [5, 5.41) is 0. The molecule has 3 heteroatoms. The van der Waals surface area contributed by atoms with Gasteiger partial charge in [-0.15, -0.1) is 0 Å². The fraction of sp³-hybridized carbons (Fsp3) is 0. The minimum atomic E-state index is -0.0833. The molecule has 0 aromatic carbocycles. The third-order valence-electron chi connectivity index (χ3n) is 0. The van der Waals surface area contributed by atoms with Crippen molar-refractivity contribution in [3.05, 3.63) is 0 Å². The Labute approximate surface area is 40.4 Å². The van der Waals surface area contributed by atoms with Gasteiger partial charge in [0.2, 0.25) is 0 Å². The first-order chi connectivity index (χ1) is 2.00. The van der Waals surface area contributed by atoms with Crippen molar-refractivity contribution in [3.63, 3.8) is 0 Å². The maximum absolute atomic E-state index is 8.42. The molecule has 0 heterocycles. The Balaban J connectivity index is 0. The van der Waals surface area contributed by atoms with Crippen LogP contribution >= 0.6 is 0 Å². The van der Waals surface area contributed by atoms with Crippen LogP contribution in [-0.2, 0) is 7.48 Å². The van der Waals surface area contributed by atoms with Crippen molar-refractivity contribution >= 4 is 32.6 Å². The Morgan fingerprint density at radius 2 is 1.25 bits per heavy atom. The van der Waals surface area contributed by atoms with Crippen LogP contribution in [0.1, 0.15) is 0 Å². The summed E-state index contributed by atoms with van der Waals surface area (Å²) >= 11 is -0.0833. The van der Waals surface area contributed by atoms with Gasteiger partial charge in [0, 0.05) is 0 Å². The third-order valence-corrected chi connectivity index (χ3v) is 0. The van der Waals surface area contributed by atoms with Gasteiger partial charge < -0.3 is 0 Å². The van der Waals surface area contributed by atoms with Crippen LogP contribution in [0, 0.1) is 0 Å². The molecule has 4 heavy (non-hydrogen) atoms. The van der Waals surface area contributed by atoms with Gasteiger partial charge in [0.05, 0.1) is 0 Å². The first kappa shape index (κ1) is 8.83. The van der Waals surface area contributed by atoms with Gasteiger partial charge in [-0.2, -0.15) is 0 Å². The second-order valence-electron chi connectivity index (χ2n) is 0. The zero-order valence-corrected chi connectivity index (χ0v) is 6.38. The Morgan fingerprint density at radius 3 is 1.25 bits per heavy atom. The summed E-state index contributed by atoms with van der Waals surface area (Å²) in [6.45, 7) is 4.50. The van der Waals surface area contributed by atoms with Crippen LogP contribution in [0.3, 0.4) is 0 Å². The van der Waals surface area contributed by atoms with Gasteiger partial charge in [-0.1, -0.05) is 0 Å². The van der Waals surface area contributed by atoms with Gasteiger partial charge in [-0.25, -0.2) is 0 Å². The van der Waals surface area contributed by atoms with Crippen molar-refractivity contribution in [3.8, 4) is 0 Å². The molecule has 2 nitrogen and oxygen atoms in total. The quantitative estimate of drug-likeness (QED) is 0.509. The second-order valence-corrected chi connectivity index (χ2v) is 0.